The second-order valence-corrected chi connectivity index (χ2v) is 5.86. The Hall–Kier alpha value is -1.97. The van der Waals surface area contributed by atoms with Crippen LogP contribution < -0.4 is 4.90 Å². The first kappa shape index (κ1) is 15.9. The van der Waals surface area contributed by atoms with Crippen molar-refractivity contribution in [3.8, 4) is 0 Å². The monoisotopic (exact) mass is 435 g/mol. The minimum Gasteiger partial charge on any atom is -0.268 e. The summed E-state index contributed by atoms with van der Waals surface area (Å²) in [4.78, 5) is 25.2. The van der Waals surface area contributed by atoms with Crippen molar-refractivity contribution in [2.75, 3.05) is 4.90 Å². The van der Waals surface area contributed by atoms with Gasteiger partial charge in [0.1, 0.15) is 5.82 Å². The molecular weight excluding hydrogens is 429 g/mol. The fraction of sp³-hybridized carbons (Fsp3) is 0.0667. The SMILES string of the molecule is O=C1c2ccccc2C(=O)N1c1cc(C(F)(F)F)cc(F)c1I. The minimum atomic E-state index is -4.79. The fourth-order valence-corrected chi connectivity index (χ4v) is 2.86. The number of hydrogen-bond acceptors (Lipinski definition) is 2. The van der Waals surface area contributed by atoms with Gasteiger partial charge in [0.15, 0.2) is 0 Å². The average molecular weight is 435 g/mol. The van der Waals surface area contributed by atoms with Crippen molar-refractivity contribution >= 4 is 40.1 Å². The molecule has 0 bridgehead atoms. The lowest BCUT2D eigenvalue weighted by molar-refractivity contribution is -0.137. The van der Waals surface area contributed by atoms with Crippen LogP contribution in [0.1, 0.15) is 26.3 Å². The normalized spacial score (nSPS) is 14.4. The number of nitrogens with zero attached hydrogens (tertiary/aromatic N) is 1. The van der Waals surface area contributed by atoms with Gasteiger partial charge in [-0.1, -0.05) is 12.1 Å². The smallest absolute Gasteiger partial charge is 0.268 e. The summed E-state index contributed by atoms with van der Waals surface area (Å²) in [6, 6.07) is 6.80. The highest BCUT2D eigenvalue weighted by Gasteiger charge is 2.40. The highest BCUT2D eigenvalue weighted by atomic mass is 127. The van der Waals surface area contributed by atoms with Crippen LogP contribution in [-0.4, -0.2) is 11.8 Å². The summed E-state index contributed by atoms with van der Waals surface area (Å²) in [5.41, 5.74) is -1.52. The molecule has 0 unspecified atom stereocenters. The Bertz CT molecular complexity index is 813. The average Bonchev–Trinajstić information content (AvgIpc) is 2.73. The van der Waals surface area contributed by atoms with Crippen LogP contribution in [0.4, 0.5) is 23.2 Å². The maximum atomic E-state index is 13.8. The Morgan fingerprint density at radius 3 is 1.96 bits per heavy atom. The second kappa shape index (κ2) is 5.29. The topological polar surface area (TPSA) is 37.4 Å². The van der Waals surface area contributed by atoms with Crippen molar-refractivity contribution in [3.05, 3.63) is 62.5 Å². The minimum absolute atomic E-state index is 0.0751. The molecule has 1 aliphatic heterocycles. The zero-order chi connectivity index (χ0) is 16.9. The molecule has 0 aromatic heterocycles. The van der Waals surface area contributed by atoms with Crippen molar-refractivity contribution in [1.82, 2.24) is 0 Å². The van der Waals surface area contributed by atoms with Crippen LogP contribution in [0.5, 0.6) is 0 Å². The lowest BCUT2D eigenvalue weighted by Crippen LogP contribution is -2.30. The number of anilines is 1. The Morgan fingerprint density at radius 2 is 1.48 bits per heavy atom. The zero-order valence-corrected chi connectivity index (χ0v) is 13.3. The number of benzene rings is 2. The van der Waals surface area contributed by atoms with Crippen molar-refractivity contribution in [3.63, 3.8) is 0 Å². The van der Waals surface area contributed by atoms with Gasteiger partial charge in [0.25, 0.3) is 11.8 Å². The Morgan fingerprint density at radius 1 is 0.957 bits per heavy atom. The van der Waals surface area contributed by atoms with E-state index in [-0.39, 0.29) is 14.7 Å². The summed E-state index contributed by atoms with van der Waals surface area (Å²) >= 11 is 1.47. The number of amides is 2. The van der Waals surface area contributed by atoms with Crippen LogP contribution >= 0.6 is 22.6 Å². The van der Waals surface area contributed by atoms with Crippen molar-refractivity contribution < 1.29 is 27.2 Å². The van der Waals surface area contributed by atoms with Gasteiger partial charge < -0.3 is 0 Å². The summed E-state index contributed by atoms with van der Waals surface area (Å²) in [6.07, 6.45) is -4.79. The van der Waals surface area contributed by atoms with Gasteiger partial charge in [0.2, 0.25) is 0 Å². The van der Waals surface area contributed by atoms with Gasteiger partial charge in [-0.2, -0.15) is 13.2 Å². The zero-order valence-electron chi connectivity index (χ0n) is 11.1. The Balaban J connectivity index is 2.19. The summed E-state index contributed by atoms with van der Waals surface area (Å²) in [7, 11) is 0. The molecular formula is C15H6F4INO2. The molecule has 2 aromatic carbocycles. The summed E-state index contributed by atoms with van der Waals surface area (Å²) in [6.45, 7) is 0. The molecule has 118 valence electrons. The molecule has 0 fully saturated rings. The highest BCUT2D eigenvalue weighted by molar-refractivity contribution is 14.1. The molecule has 0 aliphatic carbocycles. The second-order valence-electron chi connectivity index (χ2n) is 4.78. The molecule has 0 spiro atoms. The number of carbonyl (C=O) groups is 2. The van der Waals surface area contributed by atoms with E-state index in [1.165, 1.54) is 46.9 Å². The molecule has 2 amide bonds. The summed E-state index contributed by atoms with van der Waals surface area (Å²) in [5, 5.41) is 0. The maximum absolute atomic E-state index is 13.8. The first-order valence-corrected chi connectivity index (χ1v) is 7.33. The van der Waals surface area contributed by atoms with Crippen LogP contribution in [-0.2, 0) is 6.18 Å². The molecule has 2 aromatic rings. The summed E-state index contributed by atoms with van der Waals surface area (Å²) in [5.74, 6) is -2.70. The first-order valence-electron chi connectivity index (χ1n) is 6.26. The van der Waals surface area contributed by atoms with Crippen LogP contribution in [0.25, 0.3) is 0 Å². The maximum Gasteiger partial charge on any atom is 0.416 e. The number of imide groups is 1. The van der Waals surface area contributed by atoms with E-state index in [0.717, 1.165) is 0 Å². The third-order valence-electron chi connectivity index (χ3n) is 3.37. The standard InChI is InChI=1S/C15H6F4INO2/c16-10-5-7(15(17,18)19)6-11(12(10)20)21-13(22)8-3-1-2-4-9(8)14(21)23/h1-6H. The number of alkyl halides is 3. The van der Waals surface area contributed by atoms with Crippen LogP contribution in [0.15, 0.2) is 36.4 Å². The van der Waals surface area contributed by atoms with E-state index in [0.29, 0.717) is 17.0 Å². The molecule has 3 nitrogen and oxygen atoms in total. The van der Waals surface area contributed by atoms with E-state index in [4.69, 9.17) is 0 Å². The van der Waals surface area contributed by atoms with Gasteiger partial charge in [-0.05, 0) is 46.9 Å². The lowest BCUT2D eigenvalue weighted by Gasteiger charge is -2.18. The molecule has 23 heavy (non-hydrogen) atoms. The Labute approximate surface area is 141 Å². The highest BCUT2D eigenvalue weighted by Crippen LogP contribution is 2.38. The fourth-order valence-electron chi connectivity index (χ4n) is 2.31. The molecule has 0 radical (unpaired) electrons. The first-order chi connectivity index (χ1) is 10.7. The van der Waals surface area contributed by atoms with Crippen molar-refractivity contribution in [2.24, 2.45) is 0 Å². The predicted molar refractivity (Wildman–Crippen MR) is 81.7 cm³/mol. The third-order valence-corrected chi connectivity index (χ3v) is 4.44. The van der Waals surface area contributed by atoms with E-state index < -0.39 is 35.1 Å². The number of carbonyl (C=O) groups excluding carboxylic acids is 2. The van der Waals surface area contributed by atoms with Crippen LogP contribution in [0.3, 0.4) is 0 Å². The molecule has 1 aliphatic rings. The van der Waals surface area contributed by atoms with E-state index in [1.54, 1.807) is 0 Å². The predicted octanol–water partition coefficient (Wildman–Crippen LogP) is 4.25. The van der Waals surface area contributed by atoms with E-state index >= 15 is 0 Å². The summed E-state index contributed by atoms with van der Waals surface area (Å²) < 4.78 is 52.2. The number of fused-ring (bicyclic) bond motifs is 1. The van der Waals surface area contributed by atoms with Gasteiger partial charge in [-0.3, -0.25) is 9.59 Å². The number of halogens is 5. The molecule has 0 atom stereocenters. The molecule has 8 heteroatoms. The van der Waals surface area contributed by atoms with Gasteiger partial charge in [0.05, 0.1) is 25.9 Å². The van der Waals surface area contributed by atoms with Crippen molar-refractivity contribution in [2.45, 2.75) is 6.18 Å². The van der Waals surface area contributed by atoms with E-state index in [2.05, 4.69) is 0 Å². The van der Waals surface area contributed by atoms with Crippen LogP contribution in [0, 0.1) is 9.39 Å². The molecule has 0 saturated heterocycles. The number of hydrogen-bond donors (Lipinski definition) is 0. The third kappa shape index (κ3) is 2.50. The van der Waals surface area contributed by atoms with Gasteiger partial charge >= 0.3 is 6.18 Å². The van der Waals surface area contributed by atoms with Crippen molar-refractivity contribution in [1.29, 1.82) is 0 Å². The molecule has 0 saturated carbocycles. The lowest BCUT2D eigenvalue weighted by atomic mass is 10.1. The van der Waals surface area contributed by atoms with Gasteiger partial charge in [0, 0.05) is 0 Å². The molecule has 1 heterocycles. The Kier molecular flexibility index (Phi) is 3.66. The van der Waals surface area contributed by atoms with Gasteiger partial charge in [-0.25, -0.2) is 9.29 Å². The van der Waals surface area contributed by atoms with E-state index in [9.17, 15) is 27.2 Å². The number of rotatable bonds is 1. The quantitative estimate of drug-likeness (QED) is 0.382. The van der Waals surface area contributed by atoms with Gasteiger partial charge in [-0.15, -0.1) is 0 Å². The van der Waals surface area contributed by atoms with Crippen LogP contribution in [0.2, 0.25) is 0 Å². The molecule has 0 N–H and O–H groups in total. The largest absolute Gasteiger partial charge is 0.416 e. The molecule has 3 rings (SSSR count). The van der Waals surface area contributed by atoms with E-state index in [1.807, 2.05) is 0 Å².